The average Bonchev–Trinajstić information content (AvgIpc) is 2.47. The fourth-order valence-electron chi connectivity index (χ4n) is 1.67. The van der Waals surface area contributed by atoms with E-state index in [-0.39, 0.29) is 5.75 Å². The van der Waals surface area contributed by atoms with Crippen molar-refractivity contribution < 1.29 is 22.7 Å². The van der Waals surface area contributed by atoms with E-state index in [9.17, 15) is 18.0 Å². The summed E-state index contributed by atoms with van der Waals surface area (Å²) in [6.07, 6.45) is -4.64. The van der Waals surface area contributed by atoms with E-state index in [0.29, 0.717) is 5.56 Å². The van der Waals surface area contributed by atoms with Gasteiger partial charge in [0.1, 0.15) is 5.75 Å². The Morgan fingerprint density at radius 3 is 2.24 bits per heavy atom. The molecule has 2 aromatic carbocycles. The van der Waals surface area contributed by atoms with Crippen LogP contribution < -0.4 is 4.74 Å². The molecule has 2 rings (SSSR count). The normalized spacial score (nSPS) is 10.8. The third-order valence-corrected chi connectivity index (χ3v) is 2.65. The number of rotatable bonds is 2. The summed E-state index contributed by atoms with van der Waals surface area (Å²) in [4.78, 5) is 11.8. The zero-order valence-corrected chi connectivity index (χ0v) is 10.5. The van der Waals surface area contributed by atoms with Crippen LogP contribution in [-0.2, 0) is 6.18 Å². The lowest BCUT2D eigenvalue weighted by atomic mass is 10.1. The molecule has 3 nitrogen and oxygen atoms in total. The van der Waals surface area contributed by atoms with Crippen LogP contribution in [0.15, 0.2) is 48.5 Å². The van der Waals surface area contributed by atoms with Crippen LogP contribution in [0.4, 0.5) is 13.2 Å². The Hall–Kier alpha value is -2.81. The minimum atomic E-state index is -4.64. The Morgan fingerprint density at radius 2 is 1.67 bits per heavy atom. The van der Waals surface area contributed by atoms with E-state index in [4.69, 9.17) is 10.00 Å². The number of benzene rings is 2. The molecule has 0 spiro atoms. The molecule has 0 fully saturated rings. The van der Waals surface area contributed by atoms with Gasteiger partial charge in [0.2, 0.25) is 0 Å². The first-order valence-electron chi connectivity index (χ1n) is 5.80. The topological polar surface area (TPSA) is 50.1 Å². The van der Waals surface area contributed by atoms with E-state index in [1.165, 1.54) is 36.4 Å². The molecule has 0 bridgehead atoms. The summed E-state index contributed by atoms with van der Waals surface area (Å²) in [7, 11) is 0. The van der Waals surface area contributed by atoms with E-state index >= 15 is 0 Å². The second kappa shape index (κ2) is 5.67. The number of halogens is 3. The van der Waals surface area contributed by atoms with Gasteiger partial charge < -0.3 is 4.74 Å². The minimum absolute atomic E-state index is 0.0657. The van der Waals surface area contributed by atoms with Gasteiger partial charge in [-0.25, -0.2) is 4.79 Å². The Bertz CT molecular complexity index is 700. The van der Waals surface area contributed by atoms with Crippen molar-refractivity contribution >= 4 is 5.97 Å². The van der Waals surface area contributed by atoms with E-state index in [2.05, 4.69) is 0 Å². The van der Waals surface area contributed by atoms with Crippen LogP contribution in [-0.4, -0.2) is 5.97 Å². The highest BCUT2D eigenvalue weighted by Gasteiger charge is 2.35. The molecule has 0 unspecified atom stereocenters. The molecule has 0 aliphatic rings. The maximum absolute atomic E-state index is 12.8. The lowest BCUT2D eigenvalue weighted by molar-refractivity contribution is -0.138. The molecular weight excluding hydrogens is 283 g/mol. The van der Waals surface area contributed by atoms with Gasteiger partial charge in [0.05, 0.1) is 22.8 Å². The van der Waals surface area contributed by atoms with E-state index in [1.807, 2.05) is 6.07 Å². The van der Waals surface area contributed by atoms with Crippen molar-refractivity contribution in [1.29, 1.82) is 5.26 Å². The standard InChI is InChI=1S/C15H8F3NO2/c16-15(17,18)13-4-2-1-3-12(13)14(20)21-11-7-5-10(9-19)6-8-11/h1-8H. The predicted octanol–water partition coefficient (Wildman–Crippen LogP) is 3.80. The summed E-state index contributed by atoms with van der Waals surface area (Å²) >= 11 is 0. The van der Waals surface area contributed by atoms with Crippen LogP contribution >= 0.6 is 0 Å². The summed E-state index contributed by atoms with van der Waals surface area (Å²) in [6.45, 7) is 0. The number of carbonyl (C=O) groups excluding carboxylic acids is 1. The van der Waals surface area contributed by atoms with Crippen molar-refractivity contribution in [2.45, 2.75) is 6.18 Å². The van der Waals surface area contributed by atoms with Crippen molar-refractivity contribution in [2.75, 3.05) is 0 Å². The SMILES string of the molecule is N#Cc1ccc(OC(=O)c2ccccc2C(F)(F)F)cc1. The van der Waals surface area contributed by atoms with Crippen molar-refractivity contribution in [2.24, 2.45) is 0 Å². The second-order valence-corrected chi connectivity index (χ2v) is 4.07. The molecule has 0 radical (unpaired) electrons. The lowest BCUT2D eigenvalue weighted by Crippen LogP contribution is -2.16. The molecule has 0 amide bonds. The summed E-state index contributed by atoms with van der Waals surface area (Å²) in [5.41, 5.74) is -1.26. The first kappa shape index (κ1) is 14.6. The molecule has 2 aromatic rings. The summed E-state index contributed by atoms with van der Waals surface area (Å²) in [6, 6.07) is 11.7. The lowest BCUT2D eigenvalue weighted by Gasteiger charge is -2.11. The molecule has 0 saturated heterocycles. The number of nitriles is 1. The number of alkyl halides is 3. The Kier molecular flexibility index (Phi) is 3.94. The quantitative estimate of drug-likeness (QED) is 0.624. The second-order valence-electron chi connectivity index (χ2n) is 4.07. The van der Waals surface area contributed by atoms with Crippen LogP contribution in [0, 0.1) is 11.3 Å². The number of esters is 1. The van der Waals surface area contributed by atoms with Gasteiger partial charge in [-0.15, -0.1) is 0 Å². The van der Waals surface area contributed by atoms with E-state index in [1.54, 1.807) is 0 Å². The number of hydrogen-bond acceptors (Lipinski definition) is 3. The van der Waals surface area contributed by atoms with Crippen molar-refractivity contribution in [3.63, 3.8) is 0 Å². The third-order valence-electron chi connectivity index (χ3n) is 2.65. The smallest absolute Gasteiger partial charge is 0.417 e. The summed E-state index contributed by atoms with van der Waals surface area (Å²) < 4.78 is 43.3. The van der Waals surface area contributed by atoms with Gasteiger partial charge >= 0.3 is 12.1 Å². The van der Waals surface area contributed by atoms with Crippen LogP contribution in [0.5, 0.6) is 5.75 Å². The number of hydrogen-bond donors (Lipinski definition) is 0. The van der Waals surface area contributed by atoms with Crippen molar-refractivity contribution in [3.8, 4) is 11.8 Å². The molecule has 0 aliphatic carbocycles. The maximum Gasteiger partial charge on any atom is 0.417 e. The van der Waals surface area contributed by atoms with Crippen LogP contribution in [0.25, 0.3) is 0 Å². The molecule has 21 heavy (non-hydrogen) atoms. The maximum atomic E-state index is 12.8. The van der Waals surface area contributed by atoms with Gasteiger partial charge in [0, 0.05) is 0 Å². The van der Waals surface area contributed by atoms with Crippen LogP contribution in [0.3, 0.4) is 0 Å². The molecule has 0 atom stereocenters. The van der Waals surface area contributed by atoms with Gasteiger partial charge in [-0.2, -0.15) is 18.4 Å². The van der Waals surface area contributed by atoms with Crippen LogP contribution in [0.2, 0.25) is 0 Å². The van der Waals surface area contributed by atoms with E-state index < -0.39 is 23.3 Å². The van der Waals surface area contributed by atoms with Gasteiger partial charge in [0.25, 0.3) is 0 Å². The number of carbonyl (C=O) groups is 1. The highest BCUT2D eigenvalue weighted by molar-refractivity contribution is 5.92. The average molecular weight is 291 g/mol. The zero-order chi connectivity index (χ0) is 15.5. The number of nitrogens with zero attached hydrogens (tertiary/aromatic N) is 1. The molecular formula is C15H8F3NO2. The fourth-order valence-corrected chi connectivity index (χ4v) is 1.67. The summed E-state index contributed by atoms with van der Waals surface area (Å²) in [5, 5.41) is 8.63. The Balaban J connectivity index is 2.27. The molecule has 6 heteroatoms. The van der Waals surface area contributed by atoms with Gasteiger partial charge in [0.15, 0.2) is 0 Å². The molecule has 0 aromatic heterocycles. The fraction of sp³-hybridized carbons (Fsp3) is 0.0667. The van der Waals surface area contributed by atoms with Gasteiger partial charge in [-0.3, -0.25) is 0 Å². The molecule has 0 N–H and O–H groups in total. The largest absolute Gasteiger partial charge is 0.423 e. The highest BCUT2D eigenvalue weighted by atomic mass is 19.4. The van der Waals surface area contributed by atoms with Crippen molar-refractivity contribution in [1.82, 2.24) is 0 Å². The predicted molar refractivity (Wildman–Crippen MR) is 67.6 cm³/mol. The number of ether oxygens (including phenoxy) is 1. The minimum Gasteiger partial charge on any atom is -0.423 e. The Morgan fingerprint density at radius 1 is 1.05 bits per heavy atom. The third kappa shape index (κ3) is 3.39. The first-order valence-corrected chi connectivity index (χ1v) is 5.80. The van der Waals surface area contributed by atoms with Gasteiger partial charge in [-0.1, -0.05) is 12.1 Å². The zero-order valence-electron chi connectivity index (χ0n) is 10.5. The van der Waals surface area contributed by atoms with Crippen molar-refractivity contribution in [3.05, 3.63) is 65.2 Å². The van der Waals surface area contributed by atoms with Crippen LogP contribution in [0.1, 0.15) is 21.5 Å². The van der Waals surface area contributed by atoms with E-state index in [0.717, 1.165) is 12.1 Å². The molecule has 106 valence electrons. The first-order chi connectivity index (χ1) is 9.91. The monoisotopic (exact) mass is 291 g/mol. The summed E-state index contributed by atoms with van der Waals surface area (Å²) in [5.74, 6) is -1.04. The Labute approximate surface area is 118 Å². The molecule has 0 heterocycles. The molecule has 0 aliphatic heterocycles. The highest BCUT2D eigenvalue weighted by Crippen LogP contribution is 2.32. The molecule has 0 saturated carbocycles. The van der Waals surface area contributed by atoms with Gasteiger partial charge in [-0.05, 0) is 36.4 Å².